The molecule has 0 radical (unpaired) electrons. The molecule has 2 heterocycles. The van der Waals surface area contributed by atoms with E-state index in [1.165, 1.54) is 0 Å². The second kappa shape index (κ2) is 6.44. The minimum atomic E-state index is -3.46. The number of nitrogens with zero attached hydrogens (tertiary/aromatic N) is 1. The molecule has 2 aliphatic rings. The van der Waals surface area contributed by atoms with Gasteiger partial charge in [-0.3, -0.25) is 0 Å². The maximum atomic E-state index is 12.4. The Morgan fingerprint density at radius 3 is 2.82 bits per heavy atom. The minimum Gasteiger partial charge on any atom is -0.486 e. The van der Waals surface area contributed by atoms with Crippen molar-refractivity contribution in [3.8, 4) is 11.5 Å². The van der Waals surface area contributed by atoms with Crippen LogP contribution in [0.25, 0.3) is 0 Å². The summed E-state index contributed by atoms with van der Waals surface area (Å²) in [6.07, 6.45) is 2.60. The molecule has 122 valence electrons. The number of hydrogen-bond acceptors (Lipinski definition) is 4. The summed E-state index contributed by atoms with van der Waals surface area (Å²) in [4.78, 5) is 0. The van der Waals surface area contributed by atoms with Crippen LogP contribution in [0.3, 0.4) is 0 Å². The van der Waals surface area contributed by atoms with Crippen molar-refractivity contribution >= 4 is 10.2 Å². The van der Waals surface area contributed by atoms with Gasteiger partial charge in [0, 0.05) is 12.6 Å². The van der Waals surface area contributed by atoms with Crippen molar-refractivity contribution in [1.82, 2.24) is 9.03 Å². The molecule has 0 amide bonds. The fraction of sp³-hybridized carbons (Fsp3) is 0.600. The Balaban J connectivity index is 1.58. The average Bonchev–Trinajstić information content (AvgIpc) is 2.53. The second-order valence-corrected chi connectivity index (χ2v) is 7.51. The first-order valence-electron chi connectivity index (χ1n) is 7.71. The SMILES string of the molecule is C[C@@H]1CCCCN1S(=O)(=O)NC[C@@H]1COc2ccccc2O1. The standard InChI is InChI=1S/C15H22N2O4S/c1-12-6-4-5-9-17(12)22(18,19)16-10-13-11-20-14-7-2-3-8-15(14)21-13/h2-3,7-8,12-13,16H,4-6,9-11H2,1H3/t12-,13-/m1/s1. The molecule has 6 nitrogen and oxygen atoms in total. The number of nitrogens with one attached hydrogen (secondary N) is 1. The summed E-state index contributed by atoms with van der Waals surface area (Å²) >= 11 is 0. The lowest BCUT2D eigenvalue weighted by Crippen LogP contribution is -2.50. The Kier molecular flexibility index (Phi) is 4.56. The molecule has 2 aliphatic heterocycles. The van der Waals surface area contributed by atoms with E-state index in [1.54, 1.807) is 4.31 Å². The van der Waals surface area contributed by atoms with Crippen LogP contribution in [0.15, 0.2) is 24.3 Å². The van der Waals surface area contributed by atoms with Gasteiger partial charge in [-0.2, -0.15) is 17.4 Å². The van der Waals surface area contributed by atoms with Crippen LogP contribution in [0.1, 0.15) is 26.2 Å². The molecule has 0 saturated carbocycles. The Bertz CT molecular complexity index is 620. The number of piperidine rings is 1. The third kappa shape index (κ3) is 3.37. The van der Waals surface area contributed by atoms with Crippen LogP contribution in [-0.4, -0.2) is 44.6 Å². The maximum Gasteiger partial charge on any atom is 0.279 e. The second-order valence-electron chi connectivity index (χ2n) is 5.81. The van der Waals surface area contributed by atoms with Crippen LogP contribution in [-0.2, 0) is 10.2 Å². The van der Waals surface area contributed by atoms with Crippen molar-refractivity contribution < 1.29 is 17.9 Å². The van der Waals surface area contributed by atoms with Crippen molar-refractivity contribution in [3.05, 3.63) is 24.3 Å². The van der Waals surface area contributed by atoms with Gasteiger partial charge in [-0.1, -0.05) is 18.6 Å². The highest BCUT2D eigenvalue weighted by Gasteiger charge is 2.30. The molecule has 1 N–H and O–H groups in total. The predicted molar refractivity (Wildman–Crippen MR) is 83.3 cm³/mol. The molecule has 1 aromatic carbocycles. The number of hydrogen-bond donors (Lipinski definition) is 1. The molecule has 0 unspecified atom stereocenters. The van der Waals surface area contributed by atoms with E-state index >= 15 is 0 Å². The Labute approximate surface area is 131 Å². The highest BCUT2D eigenvalue weighted by Crippen LogP contribution is 2.30. The third-order valence-corrected chi connectivity index (χ3v) is 5.80. The zero-order valence-electron chi connectivity index (χ0n) is 12.7. The minimum absolute atomic E-state index is 0.0514. The molecular formula is C15H22N2O4S. The van der Waals surface area contributed by atoms with E-state index in [4.69, 9.17) is 9.47 Å². The van der Waals surface area contributed by atoms with Crippen molar-refractivity contribution in [1.29, 1.82) is 0 Å². The molecule has 0 bridgehead atoms. The number of benzene rings is 1. The van der Waals surface area contributed by atoms with Gasteiger partial charge >= 0.3 is 0 Å². The van der Waals surface area contributed by atoms with Crippen LogP contribution >= 0.6 is 0 Å². The highest BCUT2D eigenvalue weighted by molar-refractivity contribution is 7.87. The maximum absolute atomic E-state index is 12.4. The number of rotatable bonds is 4. The lowest BCUT2D eigenvalue weighted by atomic mass is 10.1. The Morgan fingerprint density at radius 1 is 1.27 bits per heavy atom. The summed E-state index contributed by atoms with van der Waals surface area (Å²) in [7, 11) is -3.46. The molecule has 2 atom stereocenters. The summed E-state index contributed by atoms with van der Waals surface area (Å²) in [6, 6.07) is 7.46. The van der Waals surface area contributed by atoms with Gasteiger partial charge in [-0.15, -0.1) is 0 Å². The van der Waals surface area contributed by atoms with Gasteiger partial charge in [0.15, 0.2) is 11.5 Å². The normalized spacial score (nSPS) is 25.9. The molecular weight excluding hydrogens is 304 g/mol. The number of ether oxygens (including phenoxy) is 2. The molecule has 22 heavy (non-hydrogen) atoms. The first kappa shape index (κ1) is 15.6. The van der Waals surface area contributed by atoms with Crippen LogP contribution in [0.4, 0.5) is 0 Å². The van der Waals surface area contributed by atoms with E-state index in [0.29, 0.717) is 24.7 Å². The molecule has 0 spiro atoms. The van der Waals surface area contributed by atoms with Gasteiger partial charge in [0.1, 0.15) is 12.7 Å². The van der Waals surface area contributed by atoms with Crippen LogP contribution in [0.5, 0.6) is 11.5 Å². The molecule has 0 aromatic heterocycles. The Hall–Kier alpha value is -1.31. The Morgan fingerprint density at radius 2 is 2.05 bits per heavy atom. The van der Waals surface area contributed by atoms with Crippen LogP contribution in [0, 0.1) is 0 Å². The largest absolute Gasteiger partial charge is 0.486 e. The van der Waals surface area contributed by atoms with Gasteiger partial charge in [0.25, 0.3) is 10.2 Å². The highest BCUT2D eigenvalue weighted by atomic mass is 32.2. The van der Waals surface area contributed by atoms with E-state index in [0.717, 1.165) is 19.3 Å². The zero-order valence-corrected chi connectivity index (χ0v) is 13.5. The summed E-state index contributed by atoms with van der Waals surface area (Å²) in [5, 5.41) is 0. The van der Waals surface area contributed by atoms with E-state index in [9.17, 15) is 8.42 Å². The molecule has 7 heteroatoms. The predicted octanol–water partition coefficient (Wildman–Crippen LogP) is 1.54. The topological polar surface area (TPSA) is 67.9 Å². The smallest absolute Gasteiger partial charge is 0.279 e. The van der Waals surface area contributed by atoms with Gasteiger partial charge in [-0.25, -0.2) is 0 Å². The fourth-order valence-corrected chi connectivity index (χ4v) is 4.38. The van der Waals surface area contributed by atoms with Gasteiger partial charge in [-0.05, 0) is 31.9 Å². The first-order chi connectivity index (χ1) is 10.6. The van der Waals surface area contributed by atoms with E-state index in [2.05, 4.69) is 4.72 Å². The average molecular weight is 326 g/mol. The summed E-state index contributed by atoms with van der Waals surface area (Å²) in [5.41, 5.74) is 0. The van der Waals surface area contributed by atoms with Crippen LogP contribution in [0.2, 0.25) is 0 Å². The van der Waals surface area contributed by atoms with Crippen molar-refractivity contribution in [2.45, 2.75) is 38.3 Å². The molecule has 1 fully saturated rings. The summed E-state index contributed by atoms with van der Waals surface area (Å²) in [6.45, 7) is 3.09. The third-order valence-electron chi connectivity index (χ3n) is 4.11. The lowest BCUT2D eigenvalue weighted by Gasteiger charge is -2.33. The quantitative estimate of drug-likeness (QED) is 0.911. The zero-order chi connectivity index (χ0) is 15.6. The van der Waals surface area contributed by atoms with Gasteiger partial charge in [0.05, 0.1) is 6.54 Å². The number of fused-ring (bicyclic) bond motifs is 1. The van der Waals surface area contributed by atoms with Crippen molar-refractivity contribution in [3.63, 3.8) is 0 Å². The lowest BCUT2D eigenvalue weighted by molar-refractivity contribution is 0.0937. The van der Waals surface area contributed by atoms with E-state index in [-0.39, 0.29) is 18.7 Å². The summed E-state index contributed by atoms with van der Waals surface area (Å²) < 4.78 is 40.4. The molecule has 1 aromatic rings. The van der Waals surface area contributed by atoms with E-state index in [1.807, 2.05) is 31.2 Å². The van der Waals surface area contributed by atoms with Crippen molar-refractivity contribution in [2.24, 2.45) is 0 Å². The monoisotopic (exact) mass is 326 g/mol. The molecule has 1 saturated heterocycles. The summed E-state index contributed by atoms with van der Waals surface area (Å²) in [5.74, 6) is 1.36. The van der Waals surface area contributed by atoms with Crippen molar-refractivity contribution in [2.75, 3.05) is 19.7 Å². The molecule has 0 aliphatic carbocycles. The number of para-hydroxylation sites is 2. The fourth-order valence-electron chi connectivity index (χ4n) is 2.87. The molecule has 3 rings (SSSR count). The first-order valence-corrected chi connectivity index (χ1v) is 9.15. The van der Waals surface area contributed by atoms with Gasteiger partial charge in [0.2, 0.25) is 0 Å². The van der Waals surface area contributed by atoms with E-state index < -0.39 is 10.2 Å². The van der Waals surface area contributed by atoms with Gasteiger partial charge < -0.3 is 9.47 Å². The van der Waals surface area contributed by atoms with Crippen LogP contribution < -0.4 is 14.2 Å².